The molecule has 2 heterocycles. The summed E-state index contributed by atoms with van der Waals surface area (Å²) in [6, 6.07) is 0. The summed E-state index contributed by atoms with van der Waals surface area (Å²) in [7, 11) is 1.96. The van der Waals surface area contributed by atoms with Crippen LogP contribution in [0.3, 0.4) is 0 Å². The Balaban J connectivity index is 1.87. The number of hydrogen-bond donors (Lipinski definition) is 1. The number of aryl methyl sites for hydroxylation is 1. The first-order valence-electron chi connectivity index (χ1n) is 6.23. The van der Waals surface area contributed by atoms with Crippen LogP contribution >= 0.6 is 0 Å². The van der Waals surface area contributed by atoms with Crippen molar-refractivity contribution in [3.63, 3.8) is 0 Å². The van der Waals surface area contributed by atoms with E-state index in [-0.39, 0.29) is 0 Å². The van der Waals surface area contributed by atoms with Gasteiger partial charge in [0.15, 0.2) is 0 Å². The van der Waals surface area contributed by atoms with Gasteiger partial charge < -0.3 is 10.6 Å². The van der Waals surface area contributed by atoms with Gasteiger partial charge >= 0.3 is 0 Å². The lowest BCUT2D eigenvalue weighted by atomic mass is 10.1. The van der Waals surface area contributed by atoms with Crippen molar-refractivity contribution in [2.24, 2.45) is 12.8 Å². The summed E-state index contributed by atoms with van der Waals surface area (Å²) in [5, 5.41) is 4.48. The van der Waals surface area contributed by atoms with E-state index in [0.29, 0.717) is 6.54 Å². The first kappa shape index (κ1) is 11.6. The molecule has 2 N–H and O–H groups in total. The van der Waals surface area contributed by atoms with Gasteiger partial charge in [-0.15, -0.1) is 0 Å². The van der Waals surface area contributed by atoms with Crippen LogP contribution in [0.1, 0.15) is 30.5 Å². The van der Waals surface area contributed by atoms with Gasteiger partial charge in [-0.2, -0.15) is 5.10 Å². The molecule has 1 aromatic heterocycles. The molecule has 0 radical (unpaired) electrons. The van der Waals surface area contributed by atoms with E-state index in [4.69, 9.17) is 5.73 Å². The van der Waals surface area contributed by atoms with Crippen LogP contribution < -0.4 is 5.73 Å². The highest BCUT2D eigenvalue weighted by atomic mass is 15.3. The lowest BCUT2D eigenvalue weighted by Gasteiger charge is -2.26. The molecule has 0 spiro atoms. The highest BCUT2D eigenvalue weighted by Gasteiger charge is 2.12. The molecule has 0 saturated carbocycles. The monoisotopic (exact) mass is 222 g/mol. The highest BCUT2D eigenvalue weighted by molar-refractivity contribution is 5.16. The minimum atomic E-state index is 0.600. The van der Waals surface area contributed by atoms with Crippen LogP contribution in [-0.2, 0) is 20.0 Å². The molecule has 0 amide bonds. The van der Waals surface area contributed by atoms with E-state index >= 15 is 0 Å². The van der Waals surface area contributed by atoms with E-state index in [1.165, 1.54) is 43.6 Å². The Morgan fingerprint density at radius 3 is 2.75 bits per heavy atom. The van der Waals surface area contributed by atoms with Gasteiger partial charge in [-0.25, -0.2) is 0 Å². The van der Waals surface area contributed by atoms with E-state index in [2.05, 4.69) is 10.00 Å². The average Bonchev–Trinajstić information content (AvgIpc) is 2.68. The SMILES string of the molecule is Cn1cc(CN)c(CCN2CCCCC2)n1. The molecule has 4 heteroatoms. The molecule has 0 aromatic carbocycles. The van der Waals surface area contributed by atoms with Crippen molar-refractivity contribution in [3.05, 3.63) is 17.5 Å². The molecule has 16 heavy (non-hydrogen) atoms. The second kappa shape index (κ2) is 5.46. The first-order chi connectivity index (χ1) is 7.79. The zero-order valence-electron chi connectivity index (χ0n) is 10.2. The topological polar surface area (TPSA) is 47.1 Å². The van der Waals surface area contributed by atoms with Gasteiger partial charge in [-0.1, -0.05) is 6.42 Å². The molecule has 1 aromatic rings. The lowest BCUT2D eigenvalue weighted by molar-refractivity contribution is 0.230. The molecule has 0 atom stereocenters. The zero-order chi connectivity index (χ0) is 11.4. The summed E-state index contributed by atoms with van der Waals surface area (Å²) in [5.74, 6) is 0. The summed E-state index contributed by atoms with van der Waals surface area (Å²) in [4.78, 5) is 2.54. The van der Waals surface area contributed by atoms with Gasteiger partial charge in [-0.3, -0.25) is 4.68 Å². The minimum Gasteiger partial charge on any atom is -0.326 e. The molecule has 1 fully saturated rings. The van der Waals surface area contributed by atoms with Crippen molar-refractivity contribution in [1.29, 1.82) is 0 Å². The maximum atomic E-state index is 5.71. The fourth-order valence-corrected chi connectivity index (χ4v) is 2.41. The summed E-state index contributed by atoms with van der Waals surface area (Å²) in [5.41, 5.74) is 8.08. The third-order valence-electron chi connectivity index (χ3n) is 3.33. The third-order valence-corrected chi connectivity index (χ3v) is 3.33. The summed E-state index contributed by atoms with van der Waals surface area (Å²) < 4.78 is 1.87. The molecular formula is C12H22N4. The predicted molar refractivity (Wildman–Crippen MR) is 65.1 cm³/mol. The molecule has 1 saturated heterocycles. The van der Waals surface area contributed by atoms with Gasteiger partial charge in [0.05, 0.1) is 5.69 Å². The van der Waals surface area contributed by atoms with Crippen LogP contribution in [0.15, 0.2) is 6.20 Å². The molecule has 0 aliphatic carbocycles. The lowest BCUT2D eigenvalue weighted by Crippen LogP contribution is -2.31. The van der Waals surface area contributed by atoms with Crippen LogP contribution in [0.2, 0.25) is 0 Å². The Bertz CT molecular complexity index is 326. The zero-order valence-corrected chi connectivity index (χ0v) is 10.2. The number of piperidine rings is 1. The molecule has 0 bridgehead atoms. The number of hydrogen-bond acceptors (Lipinski definition) is 3. The molecule has 1 aliphatic rings. The standard InChI is InChI=1S/C12H22N4/c1-15-10-11(9-13)12(14-15)5-8-16-6-3-2-4-7-16/h10H,2-9,13H2,1H3. The predicted octanol–water partition coefficient (Wildman–Crippen LogP) is 0.907. The van der Waals surface area contributed by atoms with Crippen LogP contribution in [0.25, 0.3) is 0 Å². The highest BCUT2D eigenvalue weighted by Crippen LogP contribution is 2.11. The van der Waals surface area contributed by atoms with Crippen molar-refractivity contribution in [3.8, 4) is 0 Å². The number of nitrogens with zero attached hydrogens (tertiary/aromatic N) is 3. The Morgan fingerprint density at radius 2 is 2.06 bits per heavy atom. The molecule has 1 aliphatic heterocycles. The van der Waals surface area contributed by atoms with Gasteiger partial charge in [0.25, 0.3) is 0 Å². The van der Waals surface area contributed by atoms with Gasteiger partial charge in [-0.05, 0) is 25.9 Å². The van der Waals surface area contributed by atoms with Crippen LogP contribution in [0.4, 0.5) is 0 Å². The van der Waals surface area contributed by atoms with Crippen molar-refractivity contribution in [2.75, 3.05) is 19.6 Å². The minimum absolute atomic E-state index is 0.600. The van der Waals surface area contributed by atoms with Gasteiger partial charge in [0, 0.05) is 38.3 Å². The largest absolute Gasteiger partial charge is 0.326 e. The molecule has 4 nitrogen and oxygen atoms in total. The average molecular weight is 222 g/mol. The maximum absolute atomic E-state index is 5.71. The third kappa shape index (κ3) is 2.83. The summed E-state index contributed by atoms with van der Waals surface area (Å²) in [6.45, 7) is 4.24. The van der Waals surface area contributed by atoms with Gasteiger partial charge in [0.2, 0.25) is 0 Å². The Kier molecular flexibility index (Phi) is 3.96. The molecular weight excluding hydrogens is 200 g/mol. The fraction of sp³-hybridized carbons (Fsp3) is 0.750. The van der Waals surface area contributed by atoms with Crippen LogP contribution in [0, 0.1) is 0 Å². The second-order valence-electron chi connectivity index (χ2n) is 4.63. The number of nitrogens with two attached hydrogens (primary N) is 1. The van der Waals surface area contributed by atoms with Crippen LogP contribution in [0.5, 0.6) is 0 Å². The normalized spacial score (nSPS) is 17.9. The Labute approximate surface area is 97.4 Å². The van der Waals surface area contributed by atoms with Crippen LogP contribution in [-0.4, -0.2) is 34.3 Å². The number of likely N-dealkylation sites (tertiary alicyclic amines) is 1. The second-order valence-corrected chi connectivity index (χ2v) is 4.63. The van der Waals surface area contributed by atoms with Crippen molar-refractivity contribution in [1.82, 2.24) is 14.7 Å². The van der Waals surface area contributed by atoms with E-state index in [9.17, 15) is 0 Å². The quantitative estimate of drug-likeness (QED) is 0.823. The summed E-state index contributed by atoms with van der Waals surface area (Å²) >= 11 is 0. The van der Waals surface area contributed by atoms with E-state index in [0.717, 1.165) is 13.0 Å². The first-order valence-corrected chi connectivity index (χ1v) is 6.23. The number of aromatic nitrogens is 2. The van der Waals surface area contributed by atoms with E-state index in [1.807, 2.05) is 17.9 Å². The van der Waals surface area contributed by atoms with Crippen molar-refractivity contribution >= 4 is 0 Å². The summed E-state index contributed by atoms with van der Waals surface area (Å²) in [6.07, 6.45) is 7.17. The van der Waals surface area contributed by atoms with E-state index < -0.39 is 0 Å². The van der Waals surface area contributed by atoms with Crippen molar-refractivity contribution in [2.45, 2.75) is 32.2 Å². The number of rotatable bonds is 4. The Hall–Kier alpha value is -0.870. The maximum Gasteiger partial charge on any atom is 0.0682 e. The van der Waals surface area contributed by atoms with Gasteiger partial charge in [0.1, 0.15) is 0 Å². The van der Waals surface area contributed by atoms with Crippen molar-refractivity contribution < 1.29 is 0 Å². The smallest absolute Gasteiger partial charge is 0.0682 e. The van der Waals surface area contributed by atoms with E-state index in [1.54, 1.807) is 0 Å². The molecule has 90 valence electrons. The molecule has 2 rings (SSSR count). The Morgan fingerprint density at radius 1 is 1.31 bits per heavy atom. The fourth-order valence-electron chi connectivity index (χ4n) is 2.41. The molecule has 0 unspecified atom stereocenters.